The summed E-state index contributed by atoms with van der Waals surface area (Å²) in [5, 5.41) is 9.64. The Hall–Kier alpha value is -1.96. The Morgan fingerprint density at radius 2 is 2.25 bits per heavy atom. The first-order chi connectivity index (χ1) is 9.70. The highest BCUT2D eigenvalue weighted by molar-refractivity contribution is 7.20. The van der Waals surface area contributed by atoms with Gasteiger partial charge in [-0.2, -0.15) is 4.98 Å². The van der Waals surface area contributed by atoms with Crippen LogP contribution in [-0.2, 0) is 0 Å². The molecule has 1 aliphatic rings. The fourth-order valence-corrected chi connectivity index (χ4v) is 3.63. The van der Waals surface area contributed by atoms with E-state index in [2.05, 4.69) is 25.1 Å². The minimum absolute atomic E-state index is 0.157. The van der Waals surface area contributed by atoms with E-state index >= 15 is 0 Å². The largest absolute Gasteiger partial charge is 0.340 e. The van der Waals surface area contributed by atoms with Gasteiger partial charge in [0.05, 0.1) is 17.9 Å². The van der Waals surface area contributed by atoms with Crippen molar-refractivity contribution in [2.45, 2.75) is 32.7 Å². The number of anilines is 1. The molecular formula is C12H14N6OS. The lowest BCUT2D eigenvalue weighted by Gasteiger charge is -2.20. The molecule has 0 radical (unpaired) electrons. The normalized spacial score (nSPS) is 19.3. The van der Waals surface area contributed by atoms with Gasteiger partial charge in [0.2, 0.25) is 16.0 Å². The van der Waals surface area contributed by atoms with Crippen LogP contribution in [0.5, 0.6) is 0 Å². The van der Waals surface area contributed by atoms with Crippen LogP contribution in [0.4, 0.5) is 5.13 Å². The van der Waals surface area contributed by atoms with E-state index in [1.807, 2.05) is 24.6 Å². The van der Waals surface area contributed by atoms with Crippen molar-refractivity contribution in [3.8, 4) is 0 Å². The monoisotopic (exact) mass is 290 g/mol. The van der Waals surface area contributed by atoms with Gasteiger partial charge in [-0.05, 0) is 19.8 Å². The van der Waals surface area contributed by atoms with Gasteiger partial charge in [-0.25, -0.2) is 9.50 Å². The van der Waals surface area contributed by atoms with E-state index in [9.17, 15) is 0 Å². The minimum Gasteiger partial charge on any atom is -0.340 e. The Kier molecular flexibility index (Phi) is 2.53. The molecule has 1 saturated heterocycles. The van der Waals surface area contributed by atoms with Crippen LogP contribution in [0.3, 0.4) is 0 Å². The summed E-state index contributed by atoms with van der Waals surface area (Å²) in [6, 6.07) is 0.157. The number of aryl methyl sites for hydroxylation is 2. The van der Waals surface area contributed by atoms with Crippen LogP contribution in [0.15, 0.2) is 10.7 Å². The first-order valence-corrected chi connectivity index (χ1v) is 7.42. The second-order valence-electron chi connectivity index (χ2n) is 5.02. The third-order valence-corrected chi connectivity index (χ3v) is 4.45. The zero-order valence-electron chi connectivity index (χ0n) is 11.3. The maximum absolute atomic E-state index is 5.10. The van der Waals surface area contributed by atoms with E-state index in [1.165, 1.54) is 0 Å². The molecule has 1 aliphatic heterocycles. The topological polar surface area (TPSA) is 72.3 Å². The van der Waals surface area contributed by atoms with Crippen LogP contribution < -0.4 is 4.90 Å². The number of nitrogens with zero attached hydrogens (tertiary/aromatic N) is 6. The SMILES string of the molecule is Cc1cn2nc(N3CCC[C@H]3c3noc(C)n3)sc2n1. The molecular weight excluding hydrogens is 276 g/mol. The number of fused-ring (bicyclic) bond motifs is 1. The highest BCUT2D eigenvalue weighted by atomic mass is 32.1. The fraction of sp³-hybridized carbons (Fsp3) is 0.500. The molecule has 1 atom stereocenters. The van der Waals surface area contributed by atoms with Crippen LogP contribution >= 0.6 is 11.3 Å². The van der Waals surface area contributed by atoms with Crippen molar-refractivity contribution in [2.24, 2.45) is 0 Å². The maximum Gasteiger partial charge on any atom is 0.223 e. The van der Waals surface area contributed by atoms with Gasteiger partial charge in [-0.3, -0.25) is 0 Å². The Bertz CT molecular complexity index is 728. The Morgan fingerprint density at radius 1 is 1.35 bits per heavy atom. The minimum atomic E-state index is 0.157. The predicted octanol–water partition coefficient (Wildman–Crippen LogP) is 2.13. The molecule has 0 bridgehead atoms. The molecule has 0 saturated carbocycles. The summed E-state index contributed by atoms with van der Waals surface area (Å²) in [5.41, 5.74) is 0.988. The lowest BCUT2D eigenvalue weighted by molar-refractivity contribution is 0.383. The number of hydrogen-bond donors (Lipinski definition) is 0. The summed E-state index contributed by atoms with van der Waals surface area (Å²) in [4.78, 5) is 12.0. The second kappa shape index (κ2) is 4.27. The highest BCUT2D eigenvalue weighted by Crippen LogP contribution is 2.36. The molecule has 7 nitrogen and oxygen atoms in total. The second-order valence-corrected chi connectivity index (χ2v) is 5.95. The van der Waals surface area contributed by atoms with Crippen molar-refractivity contribution in [3.63, 3.8) is 0 Å². The van der Waals surface area contributed by atoms with Gasteiger partial charge < -0.3 is 9.42 Å². The third-order valence-electron chi connectivity index (χ3n) is 3.49. The van der Waals surface area contributed by atoms with Crippen LogP contribution in [0.2, 0.25) is 0 Å². The molecule has 0 amide bonds. The molecule has 20 heavy (non-hydrogen) atoms. The van der Waals surface area contributed by atoms with Crippen LogP contribution in [0, 0.1) is 13.8 Å². The zero-order chi connectivity index (χ0) is 13.7. The van der Waals surface area contributed by atoms with Crippen molar-refractivity contribution in [3.05, 3.63) is 23.6 Å². The lowest BCUT2D eigenvalue weighted by atomic mass is 10.2. The van der Waals surface area contributed by atoms with Crippen molar-refractivity contribution >= 4 is 21.4 Å². The van der Waals surface area contributed by atoms with Crippen LogP contribution in [0.1, 0.15) is 36.3 Å². The van der Waals surface area contributed by atoms with Gasteiger partial charge in [-0.15, -0.1) is 5.10 Å². The average molecular weight is 290 g/mol. The van der Waals surface area contributed by atoms with Gasteiger partial charge >= 0.3 is 0 Å². The summed E-state index contributed by atoms with van der Waals surface area (Å²) in [7, 11) is 0. The highest BCUT2D eigenvalue weighted by Gasteiger charge is 2.32. The van der Waals surface area contributed by atoms with Gasteiger partial charge in [0.15, 0.2) is 5.82 Å². The summed E-state index contributed by atoms with van der Waals surface area (Å²) in [6.07, 6.45) is 4.08. The summed E-state index contributed by atoms with van der Waals surface area (Å²) < 4.78 is 6.94. The van der Waals surface area contributed by atoms with E-state index in [-0.39, 0.29) is 6.04 Å². The number of imidazole rings is 1. The Labute approximate surface area is 119 Å². The molecule has 3 aromatic rings. The summed E-state index contributed by atoms with van der Waals surface area (Å²) in [5.74, 6) is 1.36. The number of aromatic nitrogens is 5. The molecule has 0 aliphatic carbocycles. The molecule has 0 aromatic carbocycles. The van der Waals surface area contributed by atoms with E-state index in [0.717, 1.165) is 41.0 Å². The lowest BCUT2D eigenvalue weighted by Crippen LogP contribution is -2.23. The molecule has 0 unspecified atom stereocenters. The Morgan fingerprint density at radius 3 is 3.00 bits per heavy atom. The average Bonchev–Trinajstić information content (AvgIpc) is 3.09. The molecule has 4 heterocycles. The first kappa shape index (κ1) is 11.8. The fourth-order valence-electron chi connectivity index (χ4n) is 2.63. The molecule has 0 N–H and O–H groups in total. The van der Waals surface area contributed by atoms with Gasteiger partial charge in [0, 0.05) is 13.5 Å². The van der Waals surface area contributed by atoms with Crippen molar-refractivity contribution in [2.75, 3.05) is 11.4 Å². The molecule has 0 spiro atoms. The van der Waals surface area contributed by atoms with Gasteiger partial charge in [0.1, 0.15) is 0 Å². The molecule has 1 fully saturated rings. The number of hydrogen-bond acceptors (Lipinski definition) is 7. The number of rotatable bonds is 2. The molecule has 4 rings (SSSR count). The Balaban J connectivity index is 1.70. The molecule has 8 heteroatoms. The maximum atomic E-state index is 5.10. The smallest absolute Gasteiger partial charge is 0.223 e. The standard InChI is InChI=1S/C12H14N6OS/c1-7-6-18-11(13-7)20-12(15-18)17-5-3-4-9(17)10-14-8(2)19-16-10/h6,9H,3-5H2,1-2H3/t9-/m0/s1. The van der Waals surface area contributed by atoms with Crippen molar-refractivity contribution in [1.29, 1.82) is 0 Å². The predicted molar refractivity (Wildman–Crippen MR) is 74.0 cm³/mol. The van der Waals surface area contributed by atoms with E-state index in [0.29, 0.717) is 5.89 Å². The molecule has 3 aromatic heterocycles. The summed E-state index contributed by atoms with van der Waals surface area (Å²) in [6.45, 7) is 4.76. The van der Waals surface area contributed by atoms with E-state index in [4.69, 9.17) is 4.52 Å². The molecule has 104 valence electrons. The van der Waals surface area contributed by atoms with E-state index < -0.39 is 0 Å². The van der Waals surface area contributed by atoms with Crippen molar-refractivity contribution in [1.82, 2.24) is 24.7 Å². The van der Waals surface area contributed by atoms with Crippen LogP contribution in [0.25, 0.3) is 4.96 Å². The van der Waals surface area contributed by atoms with Crippen molar-refractivity contribution < 1.29 is 4.52 Å². The van der Waals surface area contributed by atoms with Gasteiger partial charge in [0.25, 0.3) is 0 Å². The quantitative estimate of drug-likeness (QED) is 0.720. The first-order valence-electron chi connectivity index (χ1n) is 6.60. The summed E-state index contributed by atoms with van der Waals surface area (Å²) >= 11 is 1.60. The zero-order valence-corrected chi connectivity index (χ0v) is 12.1. The van der Waals surface area contributed by atoms with Gasteiger partial charge in [-0.1, -0.05) is 16.5 Å². The van der Waals surface area contributed by atoms with Crippen LogP contribution in [-0.4, -0.2) is 31.3 Å². The third kappa shape index (κ3) is 1.79. The van der Waals surface area contributed by atoms with E-state index in [1.54, 1.807) is 11.3 Å².